The number of hydrogen-bond donors (Lipinski definition) is 1. The minimum Gasteiger partial charge on any atom is -0.311 e. The molecule has 1 N–H and O–H groups in total. The van der Waals surface area contributed by atoms with E-state index >= 15 is 0 Å². The topological polar surface area (TPSA) is 21.3 Å². The second kappa shape index (κ2) is 6.67. The van der Waals surface area contributed by atoms with Crippen molar-refractivity contribution in [2.45, 2.75) is 38.1 Å². The van der Waals surface area contributed by atoms with Crippen molar-refractivity contribution < 1.29 is 17.9 Å². The second-order valence-corrected chi connectivity index (χ2v) is 4.36. The summed E-state index contributed by atoms with van der Waals surface area (Å²) in [7, 11) is 0. The van der Waals surface area contributed by atoms with Gasteiger partial charge in [0.15, 0.2) is 0 Å². The summed E-state index contributed by atoms with van der Waals surface area (Å²) >= 11 is 5.81. The van der Waals surface area contributed by atoms with Crippen molar-refractivity contribution in [3.05, 3.63) is 0 Å². The van der Waals surface area contributed by atoms with Crippen LogP contribution >= 0.6 is 11.6 Å². The number of ether oxygens (including phenoxy) is 1. The van der Waals surface area contributed by atoms with Gasteiger partial charge in [-0.25, -0.2) is 0 Å². The molecule has 2 atom stereocenters. The van der Waals surface area contributed by atoms with Gasteiger partial charge in [-0.05, 0) is 18.8 Å². The third-order valence-corrected chi connectivity index (χ3v) is 3.28. The van der Waals surface area contributed by atoms with Crippen LogP contribution in [0.25, 0.3) is 0 Å². The number of hydrogen-bond acceptors (Lipinski definition) is 2. The van der Waals surface area contributed by atoms with Crippen LogP contribution < -0.4 is 5.32 Å². The van der Waals surface area contributed by atoms with Gasteiger partial charge in [-0.3, -0.25) is 4.74 Å². The van der Waals surface area contributed by atoms with Crippen LogP contribution in [0.3, 0.4) is 0 Å². The Balaban J connectivity index is 2.15. The first-order valence-corrected chi connectivity index (χ1v) is 6.06. The molecular formula is C10H17ClF3NO. The Kier molecular flexibility index (Phi) is 5.86. The van der Waals surface area contributed by atoms with Crippen molar-refractivity contribution in [3.63, 3.8) is 0 Å². The van der Waals surface area contributed by atoms with Gasteiger partial charge < -0.3 is 5.32 Å². The maximum absolute atomic E-state index is 11.7. The summed E-state index contributed by atoms with van der Waals surface area (Å²) in [4.78, 5) is 0. The van der Waals surface area contributed by atoms with Crippen LogP contribution in [-0.2, 0) is 4.74 Å². The first kappa shape index (κ1) is 14.1. The molecule has 96 valence electrons. The van der Waals surface area contributed by atoms with Gasteiger partial charge in [-0.1, -0.05) is 12.8 Å². The van der Waals surface area contributed by atoms with E-state index in [9.17, 15) is 13.2 Å². The van der Waals surface area contributed by atoms with Crippen molar-refractivity contribution in [1.82, 2.24) is 5.32 Å². The Morgan fingerprint density at radius 1 is 1.25 bits per heavy atom. The van der Waals surface area contributed by atoms with Crippen molar-refractivity contribution in [2.75, 3.05) is 19.0 Å². The molecular weight excluding hydrogens is 243 g/mol. The lowest BCUT2D eigenvalue weighted by Gasteiger charge is -2.31. The molecule has 0 aliphatic heterocycles. The lowest BCUT2D eigenvalue weighted by atomic mass is 9.86. The molecule has 0 amide bonds. The zero-order valence-electron chi connectivity index (χ0n) is 9.02. The zero-order valence-corrected chi connectivity index (χ0v) is 9.78. The van der Waals surface area contributed by atoms with Gasteiger partial charge in [0.1, 0.15) is 0 Å². The largest absolute Gasteiger partial charge is 0.522 e. The Labute approximate surface area is 98.5 Å². The van der Waals surface area contributed by atoms with Crippen LogP contribution in [0.15, 0.2) is 0 Å². The van der Waals surface area contributed by atoms with Crippen LogP contribution in [0.1, 0.15) is 25.7 Å². The van der Waals surface area contributed by atoms with Crippen LogP contribution in [0.5, 0.6) is 0 Å². The summed E-state index contributed by atoms with van der Waals surface area (Å²) in [6, 6.07) is 0.239. The standard InChI is InChI=1S/C10H17ClF3NO/c11-7-8-3-1-2-4-9(8)15-5-6-16-10(12,13)14/h8-9,15H,1-7H2. The maximum atomic E-state index is 11.7. The molecule has 1 saturated carbocycles. The highest BCUT2D eigenvalue weighted by Gasteiger charge is 2.29. The maximum Gasteiger partial charge on any atom is 0.522 e. The summed E-state index contributed by atoms with van der Waals surface area (Å²) < 4.78 is 38.8. The molecule has 1 aliphatic rings. The Morgan fingerprint density at radius 2 is 1.94 bits per heavy atom. The molecule has 2 unspecified atom stereocenters. The highest BCUT2D eigenvalue weighted by Crippen LogP contribution is 2.25. The van der Waals surface area contributed by atoms with Gasteiger partial charge in [-0.15, -0.1) is 24.8 Å². The first-order chi connectivity index (χ1) is 7.53. The quantitative estimate of drug-likeness (QED) is 0.606. The molecule has 0 saturated heterocycles. The molecule has 1 fully saturated rings. The summed E-state index contributed by atoms with van der Waals surface area (Å²) in [5.41, 5.74) is 0. The highest BCUT2D eigenvalue weighted by atomic mass is 35.5. The smallest absolute Gasteiger partial charge is 0.311 e. The average molecular weight is 260 g/mol. The lowest BCUT2D eigenvalue weighted by Crippen LogP contribution is -2.41. The monoisotopic (exact) mass is 259 g/mol. The minimum absolute atomic E-state index is 0.220. The molecule has 1 aliphatic carbocycles. The van der Waals surface area contributed by atoms with E-state index in [0.29, 0.717) is 11.8 Å². The van der Waals surface area contributed by atoms with E-state index in [2.05, 4.69) is 10.1 Å². The van der Waals surface area contributed by atoms with Gasteiger partial charge in [-0.2, -0.15) is 0 Å². The zero-order chi connectivity index (χ0) is 12.0. The third-order valence-electron chi connectivity index (χ3n) is 2.88. The first-order valence-electron chi connectivity index (χ1n) is 5.53. The molecule has 0 heterocycles. The Hall–Kier alpha value is 0. The van der Waals surface area contributed by atoms with Gasteiger partial charge in [0.05, 0.1) is 6.61 Å². The normalized spacial score (nSPS) is 27.0. The predicted octanol–water partition coefficient (Wildman–Crippen LogP) is 2.91. The summed E-state index contributed by atoms with van der Waals surface area (Å²) in [5, 5.41) is 3.09. The van der Waals surface area contributed by atoms with Crippen molar-refractivity contribution in [2.24, 2.45) is 5.92 Å². The van der Waals surface area contributed by atoms with E-state index in [1.54, 1.807) is 0 Å². The van der Waals surface area contributed by atoms with Gasteiger partial charge in [0.25, 0.3) is 0 Å². The number of halogens is 4. The summed E-state index contributed by atoms with van der Waals surface area (Å²) in [6.45, 7) is -0.118. The lowest BCUT2D eigenvalue weighted by molar-refractivity contribution is -0.323. The fourth-order valence-corrected chi connectivity index (χ4v) is 2.44. The molecule has 0 aromatic carbocycles. The minimum atomic E-state index is -4.53. The molecule has 1 rings (SSSR count). The second-order valence-electron chi connectivity index (χ2n) is 4.05. The van der Waals surface area contributed by atoms with Crippen molar-refractivity contribution in [1.29, 1.82) is 0 Å². The van der Waals surface area contributed by atoms with E-state index in [0.717, 1.165) is 25.7 Å². The molecule has 0 aromatic heterocycles. The third kappa shape index (κ3) is 5.37. The van der Waals surface area contributed by atoms with E-state index in [1.807, 2.05) is 0 Å². The van der Waals surface area contributed by atoms with Crippen LogP contribution in [0.2, 0.25) is 0 Å². The van der Waals surface area contributed by atoms with Crippen molar-refractivity contribution in [3.8, 4) is 0 Å². The van der Waals surface area contributed by atoms with E-state index < -0.39 is 6.36 Å². The molecule has 2 nitrogen and oxygen atoms in total. The van der Waals surface area contributed by atoms with Gasteiger partial charge in [0.2, 0.25) is 0 Å². The van der Waals surface area contributed by atoms with Crippen LogP contribution in [0, 0.1) is 5.92 Å². The van der Waals surface area contributed by atoms with E-state index in [4.69, 9.17) is 11.6 Å². The molecule has 0 spiro atoms. The average Bonchev–Trinajstić information content (AvgIpc) is 2.23. The molecule has 0 bridgehead atoms. The predicted molar refractivity (Wildman–Crippen MR) is 56.5 cm³/mol. The fourth-order valence-electron chi connectivity index (χ4n) is 2.07. The van der Waals surface area contributed by atoms with Crippen LogP contribution in [0.4, 0.5) is 13.2 Å². The SMILES string of the molecule is FC(F)(F)OCCNC1CCCCC1CCl. The molecule has 0 radical (unpaired) electrons. The van der Waals surface area contributed by atoms with Gasteiger partial charge in [0, 0.05) is 18.5 Å². The molecule has 6 heteroatoms. The highest BCUT2D eigenvalue weighted by molar-refractivity contribution is 6.18. The van der Waals surface area contributed by atoms with Crippen molar-refractivity contribution >= 4 is 11.6 Å². The van der Waals surface area contributed by atoms with Gasteiger partial charge >= 0.3 is 6.36 Å². The summed E-state index contributed by atoms with van der Waals surface area (Å²) in [5.74, 6) is 0.943. The Bertz CT molecular complexity index is 201. The van der Waals surface area contributed by atoms with Crippen LogP contribution in [-0.4, -0.2) is 31.4 Å². The fraction of sp³-hybridized carbons (Fsp3) is 1.00. The molecule has 0 aromatic rings. The van der Waals surface area contributed by atoms with E-state index in [-0.39, 0.29) is 19.2 Å². The summed E-state index contributed by atoms with van der Waals surface area (Å²) in [6.07, 6.45) is -0.204. The Morgan fingerprint density at radius 3 is 2.56 bits per heavy atom. The molecule has 16 heavy (non-hydrogen) atoms. The number of nitrogens with one attached hydrogen (secondary N) is 1. The number of alkyl halides is 4. The number of rotatable bonds is 5. The van der Waals surface area contributed by atoms with E-state index in [1.165, 1.54) is 0 Å².